The van der Waals surface area contributed by atoms with Crippen LogP contribution in [0.2, 0.25) is 5.02 Å². The molecule has 1 unspecified atom stereocenters. The fourth-order valence-corrected chi connectivity index (χ4v) is 5.04. The Morgan fingerprint density at radius 3 is 2.63 bits per heavy atom. The van der Waals surface area contributed by atoms with Crippen LogP contribution in [0.15, 0.2) is 46.9 Å². The van der Waals surface area contributed by atoms with Crippen LogP contribution in [0.1, 0.15) is 36.8 Å². The lowest BCUT2D eigenvalue weighted by Gasteiger charge is -2.31. The lowest BCUT2D eigenvalue weighted by molar-refractivity contribution is -0.133. The molecule has 3 heterocycles. The van der Waals surface area contributed by atoms with Crippen molar-refractivity contribution in [3.63, 3.8) is 0 Å². The van der Waals surface area contributed by atoms with Crippen LogP contribution in [0.5, 0.6) is 0 Å². The van der Waals surface area contributed by atoms with Gasteiger partial charge in [0.25, 0.3) is 5.91 Å². The Labute approximate surface area is 215 Å². The minimum Gasteiger partial charge on any atom is -0.379 e. The van der Waals surface area contributed by atoms with Gasteiger partial charge in [-0.25, -0.2) is 9.80 Å². The first-order chi connectivity index (χ1) is 16.9. The molecule has 0 spiro atoms. The Morgan fingerprint density at radius 1 is 1.23 bits per heavy atom. The number of thiophene rings is 1. The van der Waals surface area contributed by atoms with Gasteiger partial charge in [0, 0.05) is 43.7 Å². The molecule has 1 aromatic heterocycles. The molecule has 0 saturated carbocycles. The van der Waals surface area contributed by atoms with Gasteiger partial charge in [0.1, 0.15) is 6.54 Å². The minimum absolute atomic E-state index is 0.0273. The van der Waals surface area contributed by atoms with Crippen LogP contribution < -0.4 is 5.32 Å². The van der Waals surface area contributed by atoms with E-state index < -0.39 is 0 Å². The smallest absolute Gasteiger partial charge is 0.318 e. The highest BCUT2D eigenvalue weighted by Crippen LogP contribution is 2.34. The summed E-state index contributed by atoms with van der Waals surface area (Å²) in [7, 11) is 0. The molecule has 1 aromatic carbocycles. The average Bonchev–Trinajstić information content (AvgIpc) is 3.52. The van der Waals surface area contributed by atoms with E-state index in [2.05, 4.69) is 10.2 Å². The lowest BCUT2D eigenvalue weighted by atomic mass is 10.0. The van der Waals surface area contributed by atoms with Gasteiger partial charge < -0.3 is 15.0 Å². The Hall–Kier alpha value is -2.46. The third kappa shape index (κ3) is 6.82. The van der Waals surface area contributed by atoms with Gasteiger partial charge in [-0.3, -0.25) is 9.69 Å². The maximum Gasteiger partial charge on any atom is 0.318 e. The predicted octanol–water partition coefficient (Wildman–Crippen LogP) is 3.83. The van der Waals surface area contributed by atoms with Crippen molar-refractivity contribution in [1.29, 1.82) is 0 Å². The van der Waals surface area contributed by atoms with Crippen LogP contribution in [0, 0.1) is 0 Å². The fraction of sp³-hybridized carbons (Fsp3) is 0.480. The number of nitrogens with zero attached hydrogens (tertiary/aromatic N) is 4. The van der Waals surface area contributed by atoms with E-state index in [0.29, 0.717) is 37.7 Å². The van der Waals surface area contributed by atoms with Crippen LogP contribution in [-0.2, 0) is 9.53 Å². The number of amides is 3. The number of morpholine rings is 1. The monoisotopic (exact) mass is 517 g/mol. The number of benzene rings is 1. The number of carbonyl (C=O) groups is 2. The molecule has 1 saturated heterocycles. The zero-order valence-corrected chi connectivity index (χ0v) is 21.7. The molecule has 1 atom stereocenters. The summed E-state index contributed by atoms with van der Waals surface area (Å²) in [6.45, 7) is 7.94. The summed E-state index contributed by atoms with van der Waals surface area (Å²) in [5.41, 5.74) is 1.84. The average molecular weight is 518 g/mol. The standard InChI is InChI=1S/C25H32ClN5O3S/c1-18(2)27-25(33)30(10-9-29-11-13-34-14-12-29)17-24(32)31-22(19-5-7-20(26)8-6-19)16-21(28-31)23-4-3-15-35-23/h3-8,15,18,22H,9-14,16-17H2,1-2H3,(H,27,33). The van der Waals surface area contributed by atoms with Crippen molar-refractivity contribution >= 4 is 40.6 Å². The van der Waals surface area contributed by atoms with E-state index in [-0.39, 0.29) is 30.6 Å². The van der Waals surface area contributed by atoms with Gasteiger partial charge in [0.15, 0.2) is 0 Å². The number of halogens is 1. The van der Waals surface area contributed by atoms with Gasteiger partial charge in [-0.05, 0) is 43.0 Å². The number of carbonyl (C=O) groups excluding carboxylic acids is 2. The van der Waals surface area contributed by atoms with Crippen LogP contribution in [-0.4, -0.2) is 84.4 Å². The van der Waals surface area contributed by atoms with E-state index in [1.807, 2.05) is 55.6 Å². The number of hydrogen-bond donors (Lipinski definition) is 1. The van der Waals surface area contributed by atoms with Gasteiger partial charge >= 0.3 is 6.03 Å². The molecule has 0 bridgehead atoms. The Morgan fingerprint density at radius 2 is 1.97 bits per heavy atom. The normalized spacial score (nSPS) is 18.6. The largest absolute Gasteiger partial charge is 0.379 e. The van der Waals surface area contributed by atoms with Crippen molar-refractivity contribution in [1.82, 2.24) is 20.1 Å². The molecule has 8 nitrogen and oxygen atoms in total. The Kier molecular flexibility index (Phi) is 8.78. The predicted molar refractivity (Wildman–Crippen MR) is 139 cm³/mol. The van der Waals surface area contributed by atoms with Gasteiger partial charge in [-0.2, -0.15) is 5.10 Å². The number of urea groups is 1. The maximum atomic E-state index is 13.6. The van der Waals surface area contributed by atoms with E-state index >= 15 is 0 Å². The topological polar surface area (TPSA) is 77.5 Å². The number of hydrogen-bond acceptors (Lipinski definition) is 6. The second kappa shape index (κ2) is 12.0. The second-order valence-corrected chi connectivity index (χ2v) is 10.4. The first-order valence-electron chi connectivity index (χ1n) is 11.9. The van der Waals surface area contributed by atoms with Crippen LogP contribution in [0.4, 0.5) is 4.79 Å². The molecular weight excluding hydrogens is 486 g/mol. The molecule has 0 radical (unpaired) electrons. The molecule has 2 aliphatic heterocycles. The summed E-state index contributed by atoms with van der Waals surface area (Å²) in [5.74, 6) is -0.211. The van der Waals surface area contributed by atoms with E-state index in [9.17, 15) is 9.59 Å². The van der Waals surface area contributed by atoms with E-state index in [4.69, 9.17) is 21.4 Å². The fourth-order valence-electron chi connectivity index (χ4n) is 4.19. The van der Waals surface area contributed by atoms with Crippen LogP contribution in [0.25, 0.3) is 0 Å². The molecule has 0 aliphatic carbocycles. The van der Waals surface area contributed by atoms with Crippen LogP contribution >= 0.6 is 22.9 Å². The molecule has 2 aliphatic rings. The van der Waals surface area contributed by atoms with E-state index in [1.165, 1.54) is 0 Å². The van der Waals surface area contributed by atoms with Gasteiger partial charge in [-0.15, -0.1) is 11.3 Å². The second-order valence-electron chi connectivity index (χ2n) is 9.01. The maximum absolute atomic E-state index is 13.6. The molecule has 2 aromatic rings. The molecular formula is C25H32ClN5O3S. The van der Waals surface area contributed by atoms with E-state index in [1.54, 1.807) is 21.2 Å². The van der Waals surface area contributed by atoms with E-state index in [0.717, 1.165) is 29.2 Å². The molecule has 3 amide bonds. The number of rotatable bonds is 8. The summed E-state index contributed by atoms with van der Waals surface area (Å²) < 4.78 is 5.42. The van der Waals surface area contributed by atoms with Crippen molar-refractivity contribution < 1.29 is 14.3 Å². The number of hydrazone groups is 1. The number of ether oxygens (including phenoxy) is 1. The minimum atomic E-state index is -0.244. The van der Waals surface area contributed by atoms with Crippen molar-refractivity contribution in [2.75, 3.05) is 45.9 Å². The van der Waals surface area contributed by atoms with Gasteiger partial charge in [0.2, 0.25) is 0 Å². The molecule has 188 valence electrons. The molecule has 35 heavy (non-hydrogen) atoms. The first-order valence-corrected chi connectivity index (χ1v) is 13.2. The Balaban J connectivity index is 1.52. The van der Waals surface area contributed by atoms with Crippen molar-refractivity contribution in [2.45, 2.75) is 32.4 Å². The summed E-state index contributed by atoms with van der Waals surface area (Å²) in [5, 5.41) is 11.8. The third-order valence-corrected chi connectivity index (χ3v) is 7.21. The number of nitrogens with one attached hydrogen (secondary N) is 1. The highest BCUT2D eigenvalue weighted by molar-refractivity contribution is 7.12. The lowest BCUT2D eigenvalue weighted by Crippen LogP contribution is -2.50. The highest BCUT2D eigenvalue weighted by atomic mass is 35.5. The van der Waals surface area contributed by atoms with Crippen LogP contribution in [0.3, 0.4) is 0 Å². The highest BCUT2D eigenvalue weighted by Gasteiger charge is 2.34. The first kappa shape index (κ1) is 25.6. The Bertz CT molecular complexity index is 1020. The van der Waals surface area contributed by atoms with Gasteiger partial charge in [-0.1, -0.05) is 29.8 Å². The van der Waals surface area contributed by atoms with Crippen molar-refractivity contribution in [3.05, 3.63) is 57.2 Å². The third-order valence-electron chi connectivity index (χ3n) is 6.04. The summed E-state index contributed by atoms with van der Waals surface area (Å²) in [6.07, 6.45) is 0.611. The molecule has 10 heteroatoms. The zero-order chi connectivity index (χ0) is 24.8. The van der Waals surface area contributed by atoms with Gasteiger partial charge in [0.05, 0.1) is 29.8 Å². The molecule has 1 fully saturated rings. The summed E-state index contributed by atoms with van der Waals surface area (Å²) in [4.78, 5) is 31.5. The molecule has 1 N–H and O–H groups in total. The summed E-state index contributed by atoms with van der Waals surface area (Å²) >= 11 is 7.70. The quantitative estimate of drug-likeness (QED) is 0.577. The molecule has 4 rings (SSSR count). The summed E-state index contributed by atoms with van der Waals surface area (Å²) in [6, 6.07) is 11.0. The SMILES string of the molecule is CC(C)NC(=O)N(CCN1CCOCC1)CC(=O)N1N=C(c2cccs2)CC1c1ccc(Cl)cc1. The van der Waals surface area contributed by atoms with Crippen molar-refractivity contribution in [2.24, 2.45) is 5.10 Å². The zero-order valence-electron chi connectivity index (χ0n) is 20.2. The van der Waals surface area contributed by atoms with Crippen molar-refractivity contribution in [3.8, 4) is 0 Å².